The minimum absolute atomic E-state index is 0.00642. The van der Waals surface area contributed by atoms with Crippen LogP contribution in [0.2, 0.25) is 0 Å². The zero-order valence-electron chi connectivity index (χ0n) is 22.4. The summed E-state index contributed by atoms with van der Waals surface area (Å²) in [6, 6.07) is 4.62. The number of nitrogens with one attached hydrogen (secondary N) is 1. The molecule has 36 heavy (non-hydrogen) atoms. The molecular weight excluding hydrogens is 456 g/mol. The van der Waals surface area contributed by atoms with Gasteiger partial charge < -0.3 is 24.6 Å². The Morgan fingerprint density at radius 3 is 2.67 bits per heavy atom. The summed E-state index contributed by atoms with van der Waals surface area (Å²) in [5.41, 5.74) is 5.18. The summed E-state index contributed by atoms with van der Waals surface area (Å²) in [5.74, 6) is 0.490. The first-order chi connectivity index (χ1) is 17.1. The van der Waals surface area contributed by atoms with Crippen LogP contribution in [0.1, 0.15) is 82.1 Å². The Kier molecular flexibility index (Phi) is 7.79. The quantitative estimate of drug-likeness (QED) is 0.571. The number of nitriles is 1. The number of carbonyl (C=O) groups excluding carboxylic acids is 2. The van der Waals surface area contributed by atoms with Crippen molar-refractivity contribution in [2.24, 2.45) is 5.92 Å². The van der Waals surface area contributed by atoms with Gasteiger partial charge in [0.2, 0.25) is 0 Å². The summed E-state index contributed by atoms with van der Waals surface area (Å²) >= 11 is 0. The van der Waals surface area contributed by atoms with Gasteiger partial charge in [-0.1, -0.05) is 13.8 Å². The molecular formula is C28H40N4O4. The molecule has 2 fully saturated rings. The highest BCUT2D eigenvalue weighted by Crippen LogP contribution is 2.47. The molecule has 1 aromatic carbocycles. The normalized spacial score (nSPS) is 21.1. The van der Waals surface area contributed by atoms with Gasteiger partial charge in [0.15, 0.2) is 0 Å². The number of esters is 1. The van der Waals surface area contributed by atoms with Gasteiger partial charge in [0.25, 0.3) is 0 Å². The molecule has 4 rings (SSSR count). The zero-order valence-corrected chi connectivity index (χ0v) is 22.4. The Morgan fingerprint density at radius 1 is 1.28 bits per heavy atom. The first kappa shape index (κ1) is 26.3. The topological polar surface area (TPSA) is 94.9 Å². The maximum Gasteiger partial charge on any atom is 0.317 e. The molecule has 196 valence electrons. The number of anilines is 1. The molecule has 1 saturated heterocycles. The molecule has 3 aliphatic rings. The van der Waals surface area contributed by atoms with Gasteiger partial charge in [-0.05, 0) is 68.2 Å². The van der Waals surface area contributed by atoms with E-state index in [2.05, 4.69) is 50.0 Å². The third-order valence-electron chi connectivity index (χ3n) is 7.60. The second kappa shape index (κ2) is 10.7. The summed E-state index contributed by atoms with van der Waals surface area (Å²) < 4.78 is 11.1. The number of urea groups is 1. The third kappa shape index (κ3) is 5.62. The Balaban J connectivity index is 1.56. The fourth-order valence-electron chi connectivity index (χ4n) is 5.49. The van der Waals surface area contributed by atoms with Crippen LogP contribution in [0.3, 0.4) is 0 Å². The number of hydrogen-bond donors (Lipinski definition) is 1. The summed E-state index contributed by atoms with van der Waals surface area (Å²) in [6.45, 7) is 13.3. The van der Waals surface area contributed by atoms with Crippen LogP contribution in [0.25, 0.3) is 0 Å². The van der Waals surface area contributed by atoms with E-state index in [1.54, 1.807) is 6.92 Å². The highest BCUT2D eigenvalue weighted by atomic mass is 16.5. The second-order valence-corrected chi connectivity index (χ2v) is 11.2. The molecule has 8 nitrogen and oxygen atoms in total. The van der Waals surface area contributed by atoms with Crippen LogP contribution in [-0.2, 0) is 27.3 Å². The molecule has 0 unspecified atom stereocenters. The van der Waals surface area contributed by atoms with Gasteiger partial charge in [-0.2, -0.15) is 5.26 Å². The first-order valence-corrected chi connectivity index (χ1v) is 13.3. The Morgan fingerprint density at radius 2 is 2.03 bits per heavy atom. The van der Waals surface area contributed by atoms with Gasteiger partial charge in [-0.15, -0.1) is 0 Å². The number of ether oxygens (including phenoxy) is 2. The molecule has 2 aliphatic heterocycles. The number of carbonyl (C=O) groups is 2. The van der Waals surface area contributed by atoms with Crippen molar-refractivity contribution in [2.45, 2.75) is 84.5 Å². The van der Waals surface area contributed by atoms with Crippen molar-refractivity contribution in [3.8, 4) is 6.07 Å². The predicted octanol–water partition coefficient (Wildman–Crippen LogP) is 4.10. The molecule has 0 aromatic heterocycles. The second-order valence-electron chi connectivity index (χ2n) is 11.2. The lowest BCUT2D eigenvalue weighted by Crippen LogP contribution is -2.59. The number of fused-ring (bicyclic) bond motifs is 1. The highest BCUT2D eigenvalue weighted by molar-refractivity contribution is 5.77. The molecule has 1 aliphatic carbocycles. The molecule has 0 bridgehead atoms. The monoisotopic (exact) mass is 496 g/mol. The van der Waals surface area contributed by atoms with Crippen LogP contribution in [0.5, 0.6) is 0 Å². The maximum atomic E-state index is 13.0. The molecule has 1 aromatic rings. The smallest absolute Gasteiger partial charge is 0.317 e. The van der Waals surface area contributed by atoms with Crippen LogP contribution in [-0.4, -0.2) is 61.3 Å². The number of rotatable bonds is 7. The van der Waals surface area contributed by atoms with Gasteiger partial charge in [0.1, 0.15) is 6.07 Å². The van der Waals surface area contributed by atoms with Crippen molar-refractivity contribution >= 4 is 17.7 Å². The van der Waals surface area contributed by atoms with Crippen LogP contribution in [0, 0.1) is 17.2 Å². The lowest BCUT2D eigenvalue weighted by molar-refractivity contribution is -0.142. The molecule has 1 saturated carbocycles. The third-order valence-corrected chi connectivity index (χ3v) is 7.60. The first-order valence-electron chi connectivity index (χ1n) is 13.3. The van der Waals surface area contributed by atoms with E-state index >= 15 is 0 Å². The number of hydrogen-bond acceptors (Lipinski definition) is 6. The number of nitrogens with zero attached hydrogens (tertiary/aromatic N) is 3. The van der Waals surface area contributed by atoms with Crippen molar-refractivity contribution in [1.29, 1.82) is 5.26 Å². The highest BCUT2D eigenvalue weighted by Gasteiger charge is 2.38. The van der Waals surface area contributed by atoms with Gasteiger partial charge in [-0.25, -0.2) is 4.79 Å². The van der Waals surface area contributed by atoms with Gasteiger partial charge in [-0.3, -0.25) is 4.79 Å². The van der Waals surface area contributed by atoms with Crippen molar-refractivity contribution in [2.75, 3.05) is 37.7 Å². The summed E-state index contributed by atoms with van der Waals surface area (Å²) in [4.78, 5) is 28.8. The molecule has 1 atom stereocenters. The average Bonchev–Trinajstić information content (AvgIpc) is 3.67. The van der Waals surface area contributed by atoms with Crippen LogP contribution >= 0.6 is 0 Å². The van der Waals surface area contributed by atoms with Crippen molar-refractivity contribution in [3.05, 3.63) is 28.3 Å². The molecule has 2 heterocycles. The van der Waals surface area contributed by atoms with Crippen LogP contribution in [0.15, 0.2) is 6.07 Å². The van der Waals surface area contributed by atoms with Gasteiger partial charge in [0.05, 0.1) is 42.5 Å². The summed E-state index contributed by atoms with van der Waals surface area (Å²) in [6.07, 6.45) is 3.27. The van der Waals surface area contributed by atoms with Gasteiger partial charge in [0, 0.05) is 32.6 Å². The average molecular weight is 497 g/mol. The minimum Gasteiger partial charge on any atom is -0.466 e. The number of amides is 2. The van der Waals surface area contributed by atoms with E-state index in [0.717, 1.165) is 23.2 Å². The molecule has 0 spiro atoms. The van der Waals surface area contributed by atoms with E-state index in [4.69, 9.17) is 9.47 Å². The molecule has 2 amide bonds. The van der Waals surface area contributed by atoms with Crippen molar-refractivity contribution < 1.29 is 19.1 Å². The van der Waals surface area contributed by atoms with E-state index in [-0.39, 0.29) is 42.5 Å². The Labute approximate surface area is 214 Å². The Bertz CT molecular complexity index is 1040. The number of piperazine rings is 1. The van der Waals surface area contributed by atoms with E-state index < -0.39 is 0 Å². The van der Waals surface area contributed by atoms with Crippen molar-refractivity contribution in [1.82, 2.24) is 10.2 Å². The lowest BCUT2D eigenvalue weighted by Gasteiger charge is -2.45. The minimum atomic E-state index is -0.306. The fraction of sp³-hybridized carbons (Fsp3) is 0.679. The van der Waals surface area contributed by atoms with E-state index in [1.165, 1.54) is 24.0 Å². The van der Waals surface area contributed by atoms with E-state index in [9.17, 15) is 14.9 Å². The van der Waals surface area contributed by atoms with Crippen molar-refractivity contribution in [3.63, 3.8) is 0 Å². The largest absolute Gasteiger partial charge is 0.466 e. The Hall–Kier alpha value is -2.79. The molecule has 8 heteroatoms. The van der Waals surface area contributed by atoms with E-state index in [0.29, 0.717) is 38.8 Å². The fourth-order valence-corrected chi connectivity index (χ4v) is 5.49. The predicted molar refractivity (Wildman–Crippen MR) is 138 cm³/mol. The van der Waals surface area contributed by atoms with Crippen LogP contribution in [0.4, 0.5) is 10.5 Å². The van der Waals surface area contributed by atoms with Gasteiger partial charge >= 0.3 is 12.0 Å². The standard InChI is InChI=1S/C28H40N4O4/c1-6-35-26(33)9-10-30-27(34)32-12-11-31(16-25(32)18(2)3)24-13-20(19-7-8-19)23-17-36-28(4,5)14-21(23)22(24)15-29/h13,18-19,25H,6-12,14,16-17H2,1-5H3,(H,30,34)/t25-/m0/s1. The maximum absolute atomic E-state index is 13.0. The van der Waals surface area contributed by atoms with Crippen LogP contribution < -0.4 is 10.2 Å². The molecule has 0 radical (unpaired) electrons. The lowest BCUT2D eigenvalue weighted by atomic mass is 9.83. The van der Waals surface area contributed by atoms with E-state index in [1.807, 2.05) is 4.90 Å². The number of benzene rings is 1. The SMILES string of the molecule is CCOC(=O)CCNC(=O)N1CCN(c2cc(C3CC3)c3c(c2C#N)CC(C)(C)OC3)C[C@H]1C(C)C. The zero-order chi connectivity index (χ0) is 26.0. The molecule has 1 N–H and O–H groups in total. The summed E-state index contributed by atoms with van der Waals surface area (Å²) in [5, 5.41) is 13.2. The summed E-state index contributed by atoms with van der Waals surface area (Å²) in [7, 11) is 0.